The van der Waals surface area contributed by atoms with Crippen molar-refractivity contribution in [2.75, 3.05) is 18.5 Å². The molecule has 1 aromatic carbocycles. The molecule has 6 heteroatoms. The first-order valence-electron chi connectivity index (χ1n) is 7.35. The van der Waals surface area contributed by atoms with E-state index in [9.17, 15) is 9.59 Å². The molecule has 1 amide bonds. The zero-order valence-corrected chi connectivity index (χ0v) is 13.2. The number of aromatic carboxylic acids is 1. The molecule has 0 aromatic heterocycles. The minimum absolute atomic E-state index is 0.0794. The summed E-state index contributed by atoms with van der Waals surface area (Å²) in [6, 6.07) is 4.41. The molecule has 0 saturated heterocycles. The summed E-state index contributed by atoms with van der Waals surface area (Å²) in [7, 11) is 0. The van der Waals surface area contributed by atoms with Crippen LogP contribution in [0.4, 0.5) is 5.69 Å². The minimum Gasteiger partial charge on any atom is -0.489 e. The maximum atomic E-state index is 11.9. The van der Waals surface area contributed by atoms with Crippen LogP contribution in [0.15, 0.2) is 18.2 Å². The van der Waals surface area contributed by atoms with Crippen molar-refractivity contribution in [3.05, 3.63) is 23.8 Å². The van der Waals surface area contributed by atoms with Crippen LogP contribution < -0.4 is 10.1 Å². The molecule has 0 aliphatic rings. The number of amides is 1. The van der Waals surface area contributed by atoms with Crippen LogP contribution in [-0.2, 0) is 9.53 Å². The van der Waals surface area contributed by atoms with Crippen molar-refractivity contribution in [2.24, 2.45) is 0 Å². The Hall–Kier alpha value is -2.08. The number of benzene rings is 1. The Bertz CT molecular complexity index is 513. The number of hydrogen-bond acceptors (Lipinski definition) is 4. The van der Waals surface area contributed by atoms with Crippen LogP contribution in [0.2, 0.25) is 0 Å². The lowest BCUT2D eigenvalue weighted by Crippen LogP contribution is -2.15. The van der Waals surface area contributed by atoms with Gasteiger partial charge >= 0.3 is 5.97 Å². The van der Waals surface area contributed by atoms with E-state index in [1.165, 1.54) is 12.1 Å². The van der Waals surface area contributed by atoms with Gasteiger partial charge in [0.05, 0.1) is 17.4 Å². The van der Waals surface area contributed by atoms with Crippen LogP contribution in [0.5, 0.6) is 5.75 Å². The van der Waals surface area contributed by atoms with Crippen molar-refractivity contribution in [2.45, 2.75) is 39.7 Å². The number of carboxylic acids is 1. The third-order valence-electron chi connectivity index (χ3n) is 2.76. The zero-order valence-electron chi connectivity index (χ0n) is 13.2. The summed E-state index contributed by atoms with van der Waals surface area (Å²) in [5, 5.41) is 11.8. The van der Waals surface area contributed by atoms with E-state index in [4.69, 9.17) is 14.6 Å². The number of anilines is 1. The lowest BCUT2D eigenvalue weighted by molar-refractivity contribution is -0.116. The lowest BCUT2D eigenvalue weighted by atomic mass is 10.1. The molecule has 0 aliphatic heterocycles. The molecular weight excluding hydrogens is 286 g/mol. The normalized spacial score (nSPS) is 10.5. The van der Waals surface area contributed by atoms with Gasteiger partial charge in [0.2, 0.25) is 5.91 Å². The van der Waals surface area contributed by atoms with E-state index < -0.39 is 5.97 Å². The highest BCUT2D eigenvalue weighted by molar-refractivity contribution is 5.95. The van der Waals surface area contributed by atoms with E-state index in [0.29, 0.717) is 37.5 Å². The van der Waals surface area contributed by atoms with Crippen LogP contribution >= 0.6 is 0 Å². The predicted molar refractivity (Wildman–Crippen MR) is 83.5 cm³/mol. The van der Waals surface area contributed by atoms with Crippen molar-refractivity contribution in [1.82, 2.24) is 0 Å². The van der Waals surface area contributed by atoms with Crippen molar-refractivity contribution in [1.29, 1.82) is 0 Å². The maximum absolute atomic E-state index is 11.9. The van der Waals surface area contributed by atoms with Gasteiger partial charge in [0.1, 0.15) is 5.75 Å². The van der Waals surface area contributed by atoms with Gasteiger partial charge in [-0.25, -0.2) is 4.79 Å². The van der Waals surface area contributed by atoms with Gasteiger partial charge in [-0.2, -0.15) is 0 Å². The Morgan fingerprint density at radius 3 is 2.64 bits per heavy atom. The highest BCUT2D eigenvalue weighted by atomic mass is 16.5. The minimum atomic E-state index is -1.05. The molecular formula is C16H23NO5. The summed E-state index contributed by atoms with van der Waals surface area (Å²) in [6.07, 6.45) is 0.834. The summed E-state index contributed by atoms with van der Waals surface area (Å²) >= 11 is 0. The zero-order chi connectivity index (χ0) is 16.5. The van der Waals surface area contributed by atoms with E-state index in [1.54, 1.807) is 6.07 Å². The molecule has 0 saturated carbocycles. The molecule has 0 aliphatic carbocycles. The Balaban J connectivity index is 2.78. The van der Waals surface area contributed by atoms with E-state index in [2.05, 4.69) is 5.32 Å². The topological polar surface area (TPSA) is 84.9 Å². The van der Waals surface area contributed by atoms with E-state index in [-0.39, 0.29) is 17.6 Å². The van der Waals surface area contributed by atoms with Gasteiger partial charge in [0.15, 0.2) is 0 Å². The summed E-state index contributed by atoms with van der Waals surface area (Å²) in [6.45, 7) is 6.76. The average Bonchev–Trinajstić information content (AvgIpc) is 2.44. The fourth-order valence-electron chi connectivity index (χ4n) is 1.81. The number of nitrogens with one attached hydrogen (secondary N) is 1. The van der Waals surface area contributed by atoms with Crippen molar-refractivity contribution in [3.63, 3.8) is 0 Å². The molecule has 0 bridgehead atoms. The SMILES string of the molecule is CCOCCCC(=O)Nc1cc(C(=O)O)ccc1OC(C)C. The number of carboxylic acid groups (broad SMARTS) is 1. The van der Waals surface area contributed by atoms with E-state index in [0.717, 1.165) is 0 Å². The molecule has 0 unspecified atom stereocenters. The number of carbonyl (C=O) groups is 2. The van der Waals surface area contributed by atoms with Gasteiger partial charge in [-0.05, 0) is 45.4 Å². The van der Waals surface area contributed by atoms with Crippen LogP contribution in [0.1, 0.15) is 44.0 Å². The standard InChI is InChI=1S/C16H23NO5/c1-4-21-9-5-6-15(18)17-13-10-12(16(19)20)7-8-14(13)22-11(2)3/h7-8,10-11H,4-6,9H2,1-3H3,(H,17,18)(H,19,20). The Morgan fingerprint density at radius 1 is 1.32 bits per heavy atom. The van der Waals surface area contributed by atoms with Crippen LogP contribution in [-0.4, -0.2) is 36.3 Å². The number of hydrogen-bond donors (Lipinski definition) is 2. The van der Waals surface area contributed by atoms with Gasteiger partial charge in [0, 0.05) is 19.6 Å². The van der Waals surface area contributed by atoms with Crippen molar-refractivity contribution < 1.29 is 24.2 Å². The molecule has 1 aromatic rings. The van der Waals surface area contributed by atoms with Crippen LogP contribution in [0.25, 0.3) is 0 Å². The molecule has 0 radical (unpaired) electrons. The van der Waals surface area contributed by atoms with Gasteiger partial charge in [-0.3, -0.25) is 4.79 Å². The highest BCUT2D eigenvalue weighted by Crippen LogP contribution is 2.27. The average molecular weight is 309 g/mol. The molecule has 0 fully saturated rings. The Morgan fingerprint density at radius 2 is 2.05 bits per heavy atom. The summed E-state index contributed by atoms with van der Waals surface area (Å²) in [5.41, 5.74) is 0.468. The largest absolute Gasteiger partial charge is 0.489 e. The lowest BCUT2D eigenvalue weighted by Gasteiger charge is -2.15. The third kappa shape index (κ3) is 6.13. The molecule has 1 rings (SSSR count). The molecule has 0 spiro atoms. The van der Waals surface area contributed by atoms with Gasteiger partial charge < -0.3 is 19.9 Å². The molecule has 6 nitrogen and oxygen atoms in total. The Labute approximate surface area is 130 Å². The third-order valence-corrected chi connectivity index (χ3v) is 2.76. The predicted octanol–water partition coefficient (Wildman–Crippen LogP) is 2.93. The van der Waals surface area contributed by atoms with Crippen LogP contribution in [0, 0.1) is 0 Å². The summed E-state index contributed by atoms with van der Waals surface area (Å²) in [5.74, 6) is -0.794. The van der Waals surface area contributed by atoms with Gasteiger partial charge in [0.25, 0.3) is 0 Å². The van der Waals surface area contributed by atoms with Crippen molar-refractivity contribution in [3.8, 4) is 5.75 Å². The molecule has 0 heterocycles. The molecule has 0 atom stereocenters. The second-order valence-electron chi connectivity index (χ2n) is 5.03. The highest BCUT2D eigenvalue weighted by Gasteiger charge is 2.13. The van der Waals surface area contributed by atoms with E-state index in [1.807, 2.05) is 20.8 Å². The van der Waals surface area contributed by atoms with Gasteiger partial charge in [-0.15, -0.1) is 0 Å². The molecule has 2 N–H and O–H groups in total. The first-order valence-corrected chi connectivity index (χ1v) is 7.35. The Kier molecular flexibility index (Phi) is 7.39. The summed E-state index contributed by atoms with van der Waals surface area (Å²) < 4.78 is 10.8. The van der Waals surface area contributed by atoms with E-state index >= 15 is 0 Å². The van der Waals surface area contributed by atoms with Crippen LogP contribution in [0.3, 0.4) is 0 Å². The molecule has 22 heavy (non-hydrogen) atoms. The quantitative estimate of drug-likeness (QED) is 0.685. The number of rotatable bonds is 9. The first-order chi connectivity index (χ1) is 10.4. The first kappa shape index (κ1) is 18.0. The number of carbonyl (C=O) groups excluding carboxylic acids is 1. The molecule has 122 valence electrons. The fourth-order valence-corrected chi connectivity index (χ4v) is 1.81. The second kappa shape index (κ2) is 9.04. The van der Waals surface area contributed by atoms with Crippen molar-refractivity contribution >= 4 is 17.6 Å². The maximum Gasteiger partial charge on any atom is 0.335 e. The summed E-state index contributed by atoms with van der Waals surface area (Å²) in [4.78, 5) is 23.0. The second-order valence-corrected chi connectivity index (χ2v) is 5.03. The number of ether oxygens (including phenoxy) is 2. The monoisotopic (exact) mass is 309 g/mol. The fraction of sp³-hybridized carbons (Fsp3) is 0.500. The smallest absolute Gasteiger partial charge is 0.335 e. The van der Waals surface area contributed by atoms with Gasteiger partial charge in [-0.1, -0.05) is 0 Å².